The van der Waals surface area contributed by atoms with Crippen LogP contribution in [0.25, 0.3) is 0 Å². The molecule has 2 N–H and O–H groups in total. The van der Waals surface area contributed by atoms with Crippen LogP contribution < -0.4 is 10.0 Å². The lowest BCUT2D eigenvalue weighted by Gasteiger charge is -2.20. The minimum atomic E-state index is -3.43. The first kappa shape index (κ1) is 21.6. The van der Waals surface area contributed by atoms with Gasteiger partial charge in [-0.25, -0.2) is 8.42 Å². The highest BCUT2D eigenvalue weighted by Gasteiger charge is 2.17. The lowest BCUT2D eigenvalue weighted by molar-refractivity contribution is 0.0934. The number of benzene rings is 3. The van der Waals surface area contributed by atoms with Crippen LogP contribution in [0.5, 0.6) is 0 Å². The Hall–Kier alpha value is -3.12. The molecular formula is C24H26N2O3S. The highest BCUT2D eigenvalue weighted by Crippen LogP contribution is 2.22. The van der Waals surface area contributed by atoms with E-state index in [-0.39, 0.29) is 11.9 Å². The molecule has 0 heterocycles. The van der Waals surface area contributed by atoms with Gasteiger partial charge in [0.05, 0.1) is 18.0 Å². The Balaban J connectivity index is 1.80. The van der Waals surface area contributed by atoms with Crippen molar-refractivity contribution in [1.82, 2.24) is 5.32 Å². The molecule has 0 aromatic heterocycles. The monoisotopic (exact) mass is 422 g/mol. The molecule has 0 radical (unpaired) electrons. The van der Waals surface area contributed by atoms with Crippen LogP contribution in [0.1, 0.15) is 39.5 Å². The van der Waals surface area contributed by atoms with E-state index in [0.29, 0.717) is 11.3 Å². The summed E-state index contributed by atoms with van der Waals surface area (Å²) in [6.07, 6.45) is 2.67. The van der Waals surface area contributed by atoms with Crippen LogP contribution in [0, 0.1) is 6.92 Å². The minimum Gasteiger partial charge on any atom is -0.345 e. The van der Waals surface area contributed by atoms with E-state index >= 15 is 0 Å². The second-order valence-corrected chi connectivity index (χ2v) is 9.11. The van der Waals surface area contributed by atoms with E-state index in [0.717, 1.165) is 30.2 Å². The van der Waals surface area contributed by atoms with E-state index in [1.165, 1.54) is 5.56 Å². The van der Waals surface area contributed by atoms with E-state index in [1.54, 1.807) is 25.1 Å². The summed E-state index contributed by atoms with van der Waals surface area (Å²) >= 11 is 0. The Morgan fingerprint density at radius 2 is 1.57 bits per heavy atom. The van der Waals surface area contributed by atoms with Crippen molar-refractivity contribution in [2.24, 2.45) is 0 Å². The molecule has 0 aliphatic heterocycles. The molecular weight excluding hydrogens is 396 g/mol. The summed E-state index contributed by atoms with van der Waals surface area (Å²) in [5.41, 5.74) is 3.81. The van der Waals surface area contributed by atoms with Crippen LogP contribution in [0.4, 0.5) is 5.69 Å². The Labute approximate surface area is 178 Å². The molecule has 3 aromatic carbocycles. The lowest BCUT2D eigenvalue weighted by Crippen LogP contribution is -2.29. The van der Waals surface area contributed by atoms with Crippen molar-refractivity contribution in [2.45, 2.75) is 25.8 Å². The van der Waals surface area contributed by atoms with Gasteiger partial charge in [0.15, 0.2) is 0 Å². The first-order chi connectivity index (χ1) is 14.3. The van der Waals surface area contributed by atoms with Crippen molar-refractivity contribution in [3.8, 4) is 0 Å². The molecule has 0 bridgehead atoms. The van der Waals surface area contributed by atoms with Gasteiger partial charge >= 0.3 is 0 Å². The van der Waals surface area contributed by atoms with E-state index < -0.39 is 10.0 Å². The van der Waals surface area contributed by atoms with Gasteiger partial charge in [0.1, 0.15) is 0 Å². The average molecular weight is 423 g/mol. The van der Waals surface area contributed by atoms with Crippen LogP contribution in [-0.4, -0.2) is 20.6 Å². The van der Waals surface area contributed by atoms with Crippen molar-refractivity contribution >= 4 is 21.6 Å². The van der Waals surface area contributed by atoms with Gasteiger partial charge in [0.2, 0.25) is 10.0 Å². The number of amides is 1. The van der Waals surface area contributed by atoms with Crippen molar-refractivity contribution in [3.63, 3.8) is 0 Å². The van der Waals surface area contributed by atoms with Gasteiger partial charge in [0, 0.05) is 5.56 Å². The molecule has 0 saturated carbocycles. The SMILES string of the molecule is Cc1ccc(C(=O)NC(CCc2ccccc2)c2ccccc2)cc1NS(C)(=O)=O. The molecule has 6 heteroatoms. The summed E-state index contributed by atoms with van der Waals surface area (Å²) in [7, 11) is -3.43. The van der Waals surface area contributed by atoms with Gasteiger partial charge in [-0.15, -0.1) is 0 Å². The number of anilines is 1. The normalized spacial score (nSPS) is 12.2. The fraction of sp³-hybridized carbons (Fsp3) is 0.208. The summed E-state index contributed by atoms with van der Waals surface area (Å²) < 4.78 is 25.7. The molecule has 1 unspecified atom stereocenters. The third-order valence-electron chi connectivity index (χ3n) is 4.87. The lowest BCUT2D eigenvalue weighted by atomic mass is 9.98. The van der Waals surface area contributed by atoms with Crippen LogP contribution >= 0.6 is 0 Å². The van der Waals surface area contributed by atoms with E-state index in [9.17, 15) is 13.2 Å². The standard InChI is InChI=1S/C24H26N2O3S/c1-18-13-15-21(17-23(18)26-30(2,28)29)24(27)25-22(20-11-7-4-8-12-20)16-14-19-9-5-3-6-10-19/h3-13,15,17,22,26H,14,16H2,1-2H3,(H,25,27). The third kappa shape index (κ3) is 6.19. The van der Waals surface area contributed by atoms with Gasteiger partial charge in [-0.05, 0) is 48.6 Å². The maximum absolute atomic E-state index is 13.0. The molecule has 156 valence electrons. The Bertz CT molecular complexity index is 1100. The Morgan fingerprint density at radius 3 is 2.20 bits per heavy atom. The van der Waals surface area contributed by atoms with E-state index in [2.05, 4.69) is 22.2 Å². The Kier molecular flexibility index (Phi) is 6.90. The van der Waals surface area contributed by atoms with Gasteiger partial charge < -0.3 is 5.32 Å². The highest BCUT2D eigenvalue weighted by molar-refractivity contribution is 7.92. The predicted molar refractivity (Wildman–Crippen MR) is 121 cm³/mol. The second kappa shape index (κ2) is 9.59. The molecule has 0 spiro atoms. The fourth-order valence-corrected chi connectivity index (χ4v) is 3.90. The van der Waals surface area contributed by atoms with E-state index in [1.807, 2.05) is 48.5 Å². The van der Waals surface area contributed by atoms with Gasteiger partial charge in [-0.1, -0.05) is 66.7 Å². The molecule has 1 atom stereocenters. The van der Waals surface area contributed by atoms with Crippen LogP contribution in [0.2, 0.25) is 0 Å². The molecule has 5 nitrogen and oxygen atoms in total. The van der Waals surface area contributed by atoms with Crippen molar-refractivity contribution in [2.75, 3.05) is 11.0 Å². The maximum atomic E-state index is 13.0. The number of rotatable bonds is 8. The molecule has 3 rings (SSSR count). The predicted octanol–water partition coefficient (Wildman–Crippen LogP) is 4.47. The largest absolute Gasteiger partial charge is 0.345 e. The van der Waals surface area contributed by atoms with Gasteiger partial charge in [-0.2, -0.15) is 0 Å². The summed E-state index contributed by atoms with van der Waals surface area (Å²) in [5.74, 6) is -0.242. The van der Waals surface area contributed by atoms with Gasteiger partial charge in [-0.3, -0.25) is 9.52 Å². The zero-order valence-corrected chi connectivity index (χ0v) is 17.9. The summed E-state index contributed by atoms with van der Waals surface area (Å²) in [6.45, 7) is 1.79. The highest BCUT2D eigenvalue weighted by atomic mass is 32.2. The average Bonchev–Trinajstić information content (AvgIpc) is 2.73. The Morgan fingerprint density at radius 1 is 0.933 bits per heavy atom. The number of hydrogen-bond donors (Lipinski definition) is 2. The van der Waals surface area contributed by atoms with Crippen LogP contribution in [-0.2, 0) is 16.4 Å². The second-order valence-electron chi connectivity index (χ2n) is 7.36. The number of hydrogen-bond acceptors (Lipinski definition) is 3. The smallest absolute Gasteiger partial charge is 0.251 e. The number of nitrogens with one attached hydrogen (secondary N) is 2. The first-order valence-electron chi connectivity index (χ1n) is 9.80. The number of sulfonamides is 1. The van der Waals surface area contributed by atoms with Crippen molar-refractivity contribution in [1.29, 1.82) is 0 Å². The maximum Gasteiger partial charge on any atom is 0.251 e. The van der Waals surface area contributed by atoms with E-state index in [4.69, 9.17) is 0 Å². The van der Waals surface area contributed by atoms with Crippen LogP contribution in [0.3, 0.4) is 0 Å². The fourth-order valence-electron chi connectivity index (χ4n) is 3.28. The van der Waals surface area contributed by atoms with Crippen molar-refractivity contribution < 1.29 is 13.2 Å². The first-order valence-corrected chi connectivity index (χ1v) is 11.7. The summed E-state index contributed by atoms with van der Waals surface area (Å²) in [4.78, 5) is 13.0. The number of aryl methyl sites for hydroxylation is 2. The molecule has 30 heavy (non-hydrogen) atoms. The van der Waals surface area contributed by atoms with Crippen LogP contribution in [0.15, 0.2) is 78.9 Å². The molecule has 0 aliphatic rings. The third-order valence-corrected chi connectivity index (χ3v) is 5.46. The van der Waals surface area contributed by atoms with Crippen molar-refractivity contribution in [3.05, 3.63) is 101 Å². The van der Waals surface area contributed by atoms with Gasteiger partial charge in [0.25, 0.3) is 5.91 Å². The zero-order chi connectivity index (χ0) is 21.6. The number of carbonyl (C=O) groups excluding carboxylic acids is 1. The summed E-state index contributed by atoms with van der Waals surface area (Å²) in [5, 5.41) is 3.11. The molecule has 0 fully saturated rings. The number of carbonyl (C=O) groups is 1. The summed E-state index contributed by atoms with van der Waals surface area (Å²) in [6, 6.07) is 24.9. The molecule has 1 amide bonds. The zero-order valence-electron chi connectivity index (χ0n) is 17.1. The topological polar surface area (TPSA) is 75.3 Å². The molecule has 0 saturated heterocycles. The molecule has 3 aromatic rings. The quantitative estimate of drug-likeness (QED) is 0.562. The molecule has 0 aliphatic carbocycles. The minimum absolute atomic E-state index is 0.161.